The molecular formula is C15H20O5. The number of carbonyl (C=O) groups excluding carboxylic acids is 1. The van der Waals surface area contributed by atoms with Crippen molar-refractivity contribution < 1.29 is 24.1 Å². The summed E-state index contributed by atoms with van der Waals surface area (Å²) >= 11 is 0. The minimum absolute atomic E-state index is 0.00891. The van der Waals surface area contributed by atoms with Crippen molar-refractivity contribution in [2.24, 2.45) is 5.92 Å². The summed E-state index contributed by atoms with van der Waals surface area (Å²) in [5.74, 6) is -0.563. The SMILES string of the molecule is COC(=O)C1OCC(C)C(OCc2ccccc2)C1O. The number of methoxy groups -OCH3 is 1. The standard InChI is InChI=1S/C15H20O5/c1-10-8-19-14(15(17)18-2)12(16)13(10)20-9-11-6-4-3-5-7-11/h3-7,10,12-14,16H,8-9H2,1-2H3. The van der Waals surface area contributed by atoms with Crippen LogP contribution in [-0.2, 0) is 25.6 Å². The van der Waals surface area contributed by atoms with Crippen LogP contribution in [-0.4, -0.2) is 43.1 Å². The first-order valence-electron chi connectivity index (χ1n) is 6.66. The molecule has 0 spiro atoms. The van der Waals surface area contributed by atoms with Gasteiger partial charge in [-0.2, -0.15) is 0 Å². The Morgan fingerprint density at radius 2 is 2.10 bits per heavy atom. The maximum atomic E-state index is 11.5. The molecule has 1 N–H and O–H groups in total. The normalized spacial score (nSPS) is 29.9. The van der Waals surface area contributed by atoms with E-state index < -0.39 is 24.3 Å². The summed E-state index contributed by atoms with van der Waals surface area (Å²) in [7, 11) is 1.27. The van der Waals surface area contributed by atoms with Crippen molar-refractivity contribution in [1.29, 1.82) is 0 Å². The molecule has 0 amide bonds. The predicted octanol–water partition coefficient (Wildman–Crippen LogP) is 1.14. The lowest BCUT2D eigenvalue weighted by atomic mass is 9.93. The van der Waals surface area contributed by atoms with Gasteiger partial charge in [0.25, 0.3) is 0 Å². The van der Waals surface area contributed by atoms with Crippen LogP contribution in [0.4, 0.5) is 0 Å². The Labute approximate surface area is 118 Å². The molecule has 1 aliphatic rings. The van der Waals surface area contributed by atoms with Gasteiger partial charge in [0, 0.05) is 5.92 Å². The van der Waals surface area contributed by atoms with Crippen molar-refractivity contribution in [3.05, 3.63) is 35.9 Å². The maximum absolute atomic E-state index is 11.5. The second-order valence-electron chi connectivity index (χ2n) is 5.01. The van der Waals surface area contributed by atoms with Crippen molar-refractivity contribution in [2.75, 3.05) is 13.7 Å². The summed E-state index contributed by atoms with van der Waals surface area (Å²) in [5, 5.41) is 10.2. The first-order valence-corrected chi connectivity index (χ1v) is 6.66. The van der Waals surface area contributed by atoms with Gasteiger partial charge in [0.05, 0.1) is 26.4 Å². The number of esters is 1. The molecule has 1 aliphatic heterocycles. The number of aliphatic hydroxyl groups excluding tert-OH is 1. The lowest BCUT2D eigenvalue weighted by Gasteiger charge is -2.37. The Hall–Kier alpha value is -1.43. The van der Waals surface area contributed by atoms with E-state index >= 15 is 0 Å². The Morgan fingerprint density at radius 1 is 1.40 bits per heavy atom. The zero-order chi connectivity index (χ0) is 14.5. The van der Waals surface area contributed by atoms with Crippen LogP contribution in [0.3, 0.4) is 0 Å². The fraction of sp³-hybridized carbons (Fsp3) is 0.533. The Kier molecular flexibility index (Phi) is 5.11. The van der Waals surface area contributed by atoms with E-state index in [1.807, 2.05) is 37.3 Å². The van der Waals surface area contributed by atoms with Crippen LogP contribution >= 0.6 is 0 Å². The van der Waals surface area contributed by atoms with Crippen LogP contribution in [0.2, 0.25) is 0 Å². The summed E-state index contributed by atoms with van der Waals surface area (Å²) in [6.45, 7) is 2.67. The van der Waals surface area contributed by atoms with Crippen molar-refractivity contribution in [3.8, 4) is 0 Å². The van der Waals surface area contributed by atoms with Crippen molar-refractivity contribution in [3.63, 3.8) is 0 Å². The average molecular weight is 280 g/mol. The molecule has 0 saturated carbocycles. The second-order valence-corrected chi connectivity index (χ2v) is 5.01. The molecule has 2 rings (SSSR count). The third-order valence-corrected chi connectivity index (χ3v) is 3.47. The largest absolute Gasteiger partial charge is 0.467 e. The lowest BCUT2D eigenvalue weighted by molar-refractivity contribution is -0.201. The topological polar surface area (TPSA) is 65.0 Å². The molecular weight excluding hydrogens is 260 g/mol. The third-order valence-electron chi connectivity index (χ3n) is 3.47. The molecule has 0 radical (unpaired) electrons. The highest BCUT2D eigenvalue weighted by atomic mass is 16.6. The fourth-order valence-corrected chi connectivity index (χ4v) is 2.31. The maximum Gasteiger partial charge on any atom is 0.337 e. The molecule has 5 nitrogen and oxygen atoms in total. The molecule has 0 aliphatic carbocycles. The summed E-state index contributed by atoms with van der Waals surface area (Å²) in [6, 6.07) is 9.70. The summed E-state index contributed by atoms with van der Waals surface area (Å²) in [4.78, 5) is 11.5. The van der Waals surface area contributed by atoms with Gasteiger partial charge in [-0.05, 0) is 5.56 Å². The molecule has 1 saturated heterocycles. The molecule has 0 bridgehead atoms. The Morgan fingerprint density at radius 3 is 2.75 bits per heavy atom. The molecule has 0 aromatic heterocycles. The van der Waals surface area contributed by atoms with E-state index in [-0.39, 0.29) is 5.92 Å². The number of hydrogen-bond donors (Lipinski definition) is 1. The molecule has 4 unspecified atom stereocenters. The van der Waals surface area contributed by atoms with Crippen molar-refractivity contribution >= 4 is 5.97 Å². The van der Waals surface area contributed by atoms with Gasteiger partial charge in [0.15, 0.2) is 6.10 Å². The molecule has 5 heteroatoms. The molecule has 110 valence electrons. The zero-order valence-corrected chi connectivity index (χ0v) is 11.7. The van der Waals surface area contributed by atoms with Gasteiger partial charge in [-0.3, -0.25) is 0 Å². The summed E-state index contributed by atoms with van der Waals surface area (Å²) in [5.41, 5.74) is 1.02. The van der Waals surface area contributed by atoms with Crippen LogP contribution in [0.1, 0.15) is 12.5 Å². The van der Waals surface area contributed by atoms with Crippen LogP contribution in [0, 0.1) is 5.92 Å². The number of rotatable bonds is 4. The van der Waals surface area contributed by atoms with E-state index in [1.54, 1.807) is 0 Å². The predicted molar refractivity (Wildman–Crippen MR) is 71.9 cm³/mol. The van der Waals surface area contributed by atoms with Gasteiger partial charge in [-0.25, -0.2) is 4.79 Å². The van der Waals surface area contributed by atoms with Gasteiger partial charge in [-0.15, -0.1) is 0 Å². The lowest BCUT2D eigenvalue weighted by Crippen LogP contribution is -2.53. The monoisotopic (exact) mass is 280 g/mol. The van der Waals surface area contributed by atoms with Crippen LogP contribution in [0.15, 0.2) is 30.3 Å². The van der Waals surface area contributed by atoms with E-state index in [0.29, 0.717) is 13.2 Å². The highest BCUT2D eigenvalue weighted by Gasteiger charge is 2.42. The first-order chi connectivity index (χ1) is 9.63. The number of ether oxygens (including phenoxy) is 3. The molecule has 1 aromatic carbocycles. The summed E-state index contributed by atoms with van der Waals surface area (Å²) in [6.07, 6.45) is -2.44. The third kappa shape index (κ3) is 3.36. The van der Waals surface area contributed by atoms with Crippen molar-refractivity contribution in [2.45, 2.75) is 31.8 Å². The van der Waals surface area contributed by atoms with Gasteiger partial charge in [-0.1, -0.05) is 37.3 Å². The van der Waals surface area contributed by atoms with Gasteiger partial charge in [0.1, 0.15) is 6.10 Å². The quantitative estimate of drug-likeness (QED) is 0.838. The van der Waals surface area contributed by atoms with E-state index in [2.05, 4.69) is 4.74 Å². The van der Waals surface area contributed by atoms with Crippen LogP contribution in [0.25, 0.3) is 0 Å². The minimum atomic E-state index is -1.02. The molecule has 1 aromatic rings. The van der Waals surface area contributed by atoms with E-state index in [4.69, 9.17) is 9.47 Å². The first kappa shape index (κ1) is 15.0. The Bertz CT molecular complexity index is 433. The fourth-order valence-electron chi connectivity index (χ4n) is 2.31. The highest BCUT2D eigenvalue weighted by Crippen LogP contribution is 2.24. The molecule has 1 heterocycles. The average Bonchev–Trinajstić information content (AvgIpc) is 2.47. The summed E-state index contributed by atoms with van der Waals surface area (Å²) < 4.78 is 15.7. The number of benzene rings is 1. The number of aliphatic hydroxyl groups is 1. The smallest absolute Gasteiger partial charge is 0.337 e. The highest BCUT2D eigenvalue weighted by molar-refractivity contribution is 5.75. The zero-order valence-electron chi connectivity index (χ0n) is 11.7. The van der Waals surface area contributed by atoms with Gasteiger partial charge < -0.3 is 19.3 Å². The molecule has 20 heavy (non-hydrogen) atoms. The number of carbonyl (C=O) groups is 1. The van der Waals surface area contributed by atoms with E-state index in [9.17, 15) is 9.90 Å². The van der Waals surface area contributed by atoms with E-state index in [1.165, 1.54) is 7.11 Å². The van der Waals surface area contributed by atoms with Gasteiger partial charge in [0.2, 0.25) is 0 Å². The Balaban J connectivity index is 1.99. The van der Waals surface area contributed by atoms with Crippen LogP contribution < -0.4 is 0 Å². The van der Waals surface area contributed by atoms with Crippen molar-refractivity contribution in [1.82, 2.24) is 0 Å². The molecule has 1 fully saturated rings. The minimum Gasteiger partial charge on any atom is -0.467 e. The van der Waals surface area contributed by atoms with Crippen LogP contribution in [0.5, 0.6) is 0 Å². The van der Waals surface area contributed by atoms with Gasteiger partial charge >= 0.3 is 5.97 Å². The molecule has 4 atom stereocenters. The second kappa shape index (κ2) is 6.83. The van der Waals surface area contributed by atoms with E-state index in [0.717, 1.165) is 5.56 Å². The number of hydrogen-bond acceptors (Lipinski definition) is 5.